The van der Waals surface area contributed by atoms with Gasteiger partial charge in [-0.3, -0.25) is 9.59 Å². The number of unbranched alkanes of at least 4 members (excludes halogenated alkanes) is 3. The number of amides is 1. The van der Waals surface area contributed by atoms with Gasteiger partial charge in [0.15, 0.2) is 17.3 Å². The second kappa shape index (κ2) is 10.3. The molecular formula is C24H29FN2O4. The topological polar surface area (TPSA) is 81.1 Å². The lowest BCUT2D eigenvalue weighted by Crippen LogP contribution is -2.49. The Morgan fingerprint density at radius 2 is 1.61 bits per heavy atom. The van der Waals surface area contributed by atoms with Gasteiger partial charge in [0.1, 0.15) is 5.82 Å². The average Bonchev–Trinajstić information content (AvgIpc) is 2.78. The average molecular weight is 429 g/mol. The van der Waals surface area contributed by atoms with Crippen molar-refractivity contribution < 1.29 is 24.2 Å². The number of anilines is 1. The van der Waals surface area contributed by atoms with Gasteiger partial charge in [-0.2, -0.15) is 0 Å². The third-order valence-electron chi connectivity index (χ3n) is 5.66. The number of hydrogen-bond acceptors (Lipinski definition) is 5. The van der Waals surface area contributed by atoms with E-state index in [0.29, 0.717) is 43.9 Å². The number of benzene rings is 2. The molecular weight excluding hydrogens is 399 g/mol. The molecule has 0 atom stereocenters. The van der Waals surface area contributed by atoms with E-state index in [0.717, 1.165) is 25.7 Å². The van der Waals surface area contributed by atoms with Crippen LogP contribution < -0.4 is 4.90 Å². The van der Waals surface area contributed by atoms with Crippen molar-refractivity contribution in [1.82, 2.24) is 4.90 Å². The Balaban J connectivity index is 1.58. The molecule has 0 saturated carbocycles. The number of carbonyl (C=O) groups excluding carboxylic acids is 2. The second-order valence-electron chi connectivity index (χ2n) is 7.88. The number of piperazine rings is 1. The van der Waals surface area contributed by atoms with Crippen LogP contribution in [0, 0.1) is 5.82 Å². The Labute approximate surface area is 181 Å². The normalized spacial score (nSPS) is 14.0. The number of Topliss-reactive ketones (excluding diaryl/α,β-unsaturated/α-hetero) is 1. The van der Waals surface area contributed by atoms with E-state index in [9.17, 15) is 24.2 Å². The SMILES string of the molecule is CCCCCCC(=O)c1ccc(N2CCN(C(=O)c3ccc(O)c(O)c3)CC2)c(F)c1. The van der Waals surface area contributed by atoms with Crippen molar-refractivity contribution in [2.24, 2.45) is 0 Å². The highest BCUT2D eigenvalue weighted by Crippen LogP contribution is 2.27. The highest BCUT2D eigenvalue weighted by Gasteiger charge is 2.24. The minimum absolute atomic E-state index is 0.0332. The largest absolute Gasteiger partial charge is 0.504 e. The summed E-state index contributed by atoms with van der Waals surface area (Å²) in [5.74, 6) is -1.33. The van der Waals surface area contributed by atoms with E-state index in [1.807, 2.05) is 4.90 Å². The maximum absolute atomic E-state index is 14.7. The van der Waals surface area contributed by atoms with E-state index in [4.69, 9.17) is 0 Å². The Bertz CT molecular complexity index is 939. The van der Waals surface area contributed by atoms with Crippen LogP contribution in [-0.4, -0.2) is 53.0 Å². The minimum Gasteiger partial charge on any atom is -0.504 e. The van der Waals surface area contributed by atoms with E-state index in [1.54, 1.807) is 17.0 Å². The zero-order valence-corrected chi connectivity index (χ0v) is 17.8. The van der Waals surface area contributed by atoms with Crippen LogP contribution in [0.2, 0.25) is 0 Å². The number of aromatic hydroxyl groups is 2. The molecule has 7 heteroatoms. The highest BCUT2D eigenvalue weighted by molar-refractivity contribution is 5.96. The van der Waals surface area contributed by atoms with Crippen molar-refractivity contribution in [3.05, 3.63) is 53.3 Å². The molecule has 1 fully saturated rings. The summed E-state index contributed by atoms with van der Waals surface area (Å²) in [6.07, 6.45) is 4.48. The predicted octanol–water partition coefficient (Wildman–Crippen LogP) is 4.35. The first kappa shape index (κ1) is 22.6. The summed E-state index contributed by atoms with van der Waals surface area (Å²) in [4.78, 5) is 28.4. The maximum Gasteiger partial charge on any atom is 0.254 e. The lowest BCUT2D eigenvalue weighted by molar-refractivity contribution is 0.0746. The molecule has 2 aromatic rings. The van der Waals surface area contributed by atoms with Crippen LogP contribution in [0.25, 0.3) is 0 Å². The molecule has 2 aromatic carbocycles. The second-order valence-corrected chi connectivity index (χ2v) is 7.88. The molecule has 6 nitrogen and oxygen atoms in total. The van der Waals surface area contributed by atoms with Crippen LogP contribution in [0.15, 0.2) is 36.4 Å². The number of phenolic OH excluding ortho intramolecular Hbond substituents is 2. The van der Waals surface area contributed by atoms with Crippen molar-refractivity contribution in [1.29, 1.82) is 0 Å². The van der Waals surface area contributed by atoms with Gasteiger partial charge >= 0.3 is 0 Å². The number of ketones is 1. The third-order valence-corrected chi connectivity index (χ3v) is 5.66. The van der Waals surface area contributed by atoms with Gasteiger partial charge in [-0.25, -0.2) is 4.39 Å². The summed E-state index contributed by atoms with van der Waals surface area (Å²) >= 11 is 0. The van der Waals surface area contributed by atoms with Gasteiger partial charge in [0.2, 0.25) is 0 Å². The van der Waals surface area contributed by atoms with Gasteiger partial charge in [-0.15, -0.1) is 0 Å². The molecule has 0 unspecified atom stereocenters. The van der Waals surface area contributed by atoms with Gasteiger partial charge in [-0.1, -0.05) is 26.2 Å². The fraction of sp³-hybridized carbons (Fsp3) is 0.417. The number of nitrogens with zero attached hydrogens (tertiary/aromatic N) is 2. The number of halogens is 1. The molecule has 0 bridgehead atoms. The molecule has 1 heterocycles. The maximum atomic E-state index is 14.7. The monoisotopic (exact) mass is 428 g/mol. The summed E-state index contributed by atoms with van der Waals surface area (Å²) in [6.45, 7) is 3.83. The quantitative estimate of drug-likeness (QED) is 0.371. The van der Waals surface area contributed by atoms with Gasteiger partial charge in [0.05, 0.1) is 5.69 Å². The first-order chi connectivity index (χ1) is 14.9. The Kier molecular flexibility index (Phi) is 7.50. The third kappa shape index (κ3) is 5.54. The fourth-order valence-corrected chi connectivity index (χ4v) is 3.78. The molecule has 1 aliphatic rings. The molecule has 1 aliphatic heterocycles. The molecule has 0 aromatic heterocycles. The van der Waals surface area contributed by atoms with Crippen molar-refractivity contribution in [3.63, 3.8) is 0 Å². The lowest BCUT2D eigenvalue weighted by atomic mass is 10.0. The molecule has 31 heavy (non-hydrogen) atoms. The van der Waals surface area contributed by atoms with E-state index in [-0.39, 0.29) is 28.8 Å². The van der Waals surface area contributed by atoms with Crippen molar-refractivity contribution in [3.8, 4) is 11.5 Å². The van der Waals surface area contributed by atoms with Crippen LogP contribution in [0.3, 0.4) is 0 Å². The van der Waals surface area contributed by atoms with E-state index in [1.165, 1.54) is 24.3 Å². The van der Waals surface area contributed by atoms with Crippen LogP contribution in [-0.2, 0) is 0 Å². The number of phenols is 2. The summed E-state index contributed by atoms with van der Waals surface area (Å²) in [6, 6.07) is 8.61. The van der Waals surface area contributed by atoms with Crippen LogP contribution >= 0.6 is 0 Å². The number of rotatable bonds is 8. The molecule has 1 amide bonds. The minimum atomic E-state index is -0.428. The Hall–Kier alpha value is -3.09. The van der Waals surface area contributed by atoms with Gasteiger partial charge in [-0.05, 0) is 42.8 Å². The Morgan fingerprint density at radius 1 is 0.903 bits per heavy atom. The molecule has 166 valence electrons. The smallest absolute Gasteiger partial charge is 0.254 e. The lowest BCUT2D eigenvalue weighted by Gasteiger charge is -2.36. The van der Waals surface area contributed by atoms with Crippen molar-refractivity contribution >= 4 is 17.4 Å². The van der Waals surface area contributed by atoms with Crippen LogP contribution in [0.4, 0.5) is 10.1 Å². The van der Waals surface area contributed by atoms with Crippen LogP contribution in [0.5, 0.6) is 11.5 Å². The summed E-state index contributed by atoms with van der Waals surface area (Å²) < 4.78 is 14.7. The Morgan fingerprint density at radius 3 is 2.26 bits per heavy atom. The van der Waals surface area contributed by atoms with E-state index in [2.05, 4.69) is 6.92 Å². The molecule has 0 radical (unpaired) electrons. The standard InChI is InChI=1S/C24H29FN2O4/c1-2-3-4-5-6-21(28)17-7-9-20(19(25)15-17)26-11-13-27(14-12-26)24(31)18-8-10-22(29)23(30)16-18/h7-10,15-16,29-30H,2-6,11-14H2,1H3. The summed E-state index contributed by atoms with van der Waals surface area (Å²) in [5.41, 5.74) is 1.12. The molecule has 0 spiro atoms. The van der Waals surface area contributed by atoms with Crippen LogP contribution in [0.1, 0.15) is 59.7 Å². The van der Waals surface area contributed by atoms with Crippen molar-refractivity contribution in [2.45, 2.75) is 39.0 Å². The number of hydrogen-bond donors (Lipinski definition) is 2. The number of carbonyl (C=O) groups is 2. The zero-order valence-electron chi connectivity index (χ0n) is 17.8. The zero-order chi connectivity index (χ0) is 22.4. The summed E-state index contributed by atoms with van der Waals surface area (Å²) in [7, 11) is 0. The van der Waals surface area contributed by atoms with E-state index < -0.39 is 5.82 Å². The first-order valence-electron chi connectivity index (χ1n) is 10.8. The molecule has 0 aliphatic carbocycles. The van der Waals surface area contributed by atoms with E-state index >= 15 is 0 Å². The van der Waals surface area contributed by atoms with Gasteiger partial charge in [0, 0.05) is 43.7 Å². The van der Waals surface area contributed by atoms with Crippen molar-refractivity contribution in [2.75, 3.05) is 31.1 Å². The fourth-order valence-electron chi connectivity index (χ4n) is 3.78. The molecule has 1 saturated heterocycles. The van der Waals surface area contributed by atoms with Gasteiger partial charge in [0.25, 0.3) is 5.91 Å². The highest BCUT2D eigenvalue weighted by atomic mass is 19.1. The first-order valence-corrected chi connectivity index (χ1v) is 10.8. The molecule has 3 rings (SSSR count). The molecule has 2 N–H and O–H groups in total. The van der Waals surface area contributed by atoms with Gasteiger partial charge < -0.3 is 20.0 Å². The predicted molar refractivity (Wildman–Crippen MR) is 117 cm³/mol. The summed E-state index contributed by atoms with van der Waals surface area (Å²) in [5, 5.41) is 19.0.